The zero-order valence-corrected chi connectivity index (χ0v) is 7.26. The number of rotatable bonds is 7. The minimum atomic E-state index is 0.387. The van der Waals surface area contributed by atoms with Crippen LogP contribution in [0.3, 0.4) is 0 Å². The molecule has 0 aliphatic carbocycles. The summed E-state index contributed by atoms with van der Waals surface area (Å²) in [5.41, 5.74) is 0. The van der Waals surface area contributed by atoms with Gasteiger partial charge in [0, 0.05) is 13.2 Å². The summed E-state index contributed by atoms with van der Waals surface area (Å²) < 4.78 is 14.6. The predicted molar refractivity (Wildman–Crippen MR) is 38.8 cm³/mol. The van der Waals surface area contributed by atoms with E-state index in [-0.39, 0.29) is 0 Å². The molecule has 0 aromatic carbocycles. The van der Waals surface area contributed by atoms with Gasteiger partial charge in [0.05, 0.1) is 6.61 Å². The normalized spacial score (nSPS) is 10.2. The van der Waals surface area contributed by atoms with E-state index in [1.807, 2.05) is 6.92 Å². The van der Waals surface area contributed by atoms with Crippen molar-refractivity contribution in [2.75, 3.05) is 26.6 Å². The Labute approximate surface area is 65.2 Å². The standard InChI is InChI=1S/C6H13O3Si/c1-2-7-6-8-4-3-5-9-10/h2-6H2,1H3. The van der Waals surface area contributed by atoms with E-state index in [9.17, 15) is 0 Å². The average molecular weight is 161 g/mol. The van der Waals surface area contributed by atoms with E-state index >= 15 is 0 Å². The monoisotopic (exact) mass is 161 g/mol. The van der Waals surface area contributed by atoms with Crippen molar-refractivity contribution in [3.63, 3.8) is 0 Å². The van der Waals surface area contributed by atoms with E-state index < -0.39 is 0 Å². The summed E-state index contributed by atoms with van der Waals surface area (Å²) in [6.07, 6.45) is 0.885. The maximum absolute atomic E-state index is 5.05. The van der Waals surface area contributed by atoms with Crippen LogP contribution in [0.5, 0.6) is 0 Å². The topological polar surface area (TPSA) is 27.7 Å². The van der Waals surface area contributed by atoms with Crippen molar-refractivity contribution in [3.05, 3.63) is 0 Å². The average Bonchev–Trinajstić information content (AvgIpc) is 1.97. The Bertz CT molecular complexity index is 53.0. The fourth-order valence-electron chi connectivity index (χ4n) is 0.434. The van der Waals surface area contributed by atoms with E-state index in [1.54, 1.807) is 0 Å². The highest BCUT2D eigenvalue weighted by Crippen LogP contribution is 1.83. The molecule has 0 saturated heterocycles. The van der Waals surface area contributed by atoms with Gasteiger partial charge in [-0.3, -0.25) is 0 Å². The highest BCUT2D eigenvalue weighted by atomic mass is 28.2. The van der Waals surface area contributed by atoms with Crippen molar-refractivity contribution < 1.29 is 13.9 Å². The Morgan fingerprint density at radius 3 is 2.60 bits per heavy atom. The second kappa shape index (κ2) is 9.10. The van der Waals surface area contributed by atoms with E-state index in [0.29, 0.717) is 26.6 Å². The molecule has 0 heterocycles. The van der Waals surface area contributed by atoms with Gasteiger partial charge in [-0.15, -0.1) is 0 Å². The molecule has 0 bridgehead atoms. The van der Waals surface area contributed by atoms with Crippen molar-refractivity contribution in [3.8, 4) is 0 Å². The fraction of sp³-hybridized carbons (Fsp3) is 1.00. The van der Waals surface area contributed by atoms with Gasteiger partial charge in [-0.05, 0) is 13.3 Å². The van der Waals surface area contributed by atoms with Crippen LogP contribution in [-0.4, -0.2) is 37.1 Å². The molecule has 0 aliphatic heterocycles. The fourth-order valence-corrected chi connectivity index (χ4v) is 0.579. The number of hydrogen-bond acceptors (Lipinski definition) is 3. The quantitative estimate of drug-likeness (QED) is 0.309. The second-order valence-corrected chi connectivity index (χ2v) is 2.01. The summed E-state index contributed by atoms with van der Waals surface area (Å²) in [6, 6.07) is 0. The molecule has 0 unspecified atom stereocenters. The van der Waals surface area contributed by atoms with Crippen LogP contribution in [0.4, 0.5) is 0 Å². The van der Waals surface area contributed by atoms with Crippen molar-refractivity contribution in [1.29, 1.82) is 0 Å². The van der Waals surface area contributed by atoms with Gasteiger partial charge < -0.3 is 13.9 Å². The minimum Gasteiger partial charge on any atom is -0.419 e. The summed E-state index contributed by atoms with van der Waals surface area (Å²) in [5, 5.41) is 0. The molecule has 59 valence electrons. The summed E-state index contributed by atoms with van der Waals surface area (Å²) in [6.45, 7) is 4.38. The highest BCUT2D eigenvalue weighted by molar-refractivity contribution is 5.97. The van der Waals surface area contributed by atoms with Gasteiger partial charge in [-0.2, -0.15) is 0 Å². The third kappa shape index (κ3) is 8.10. The van der Waals surface area contributed by atoms with Crippen LogP contribution >= 0.6 is 0 Å². The van der Waals surface area contributed by atoms with Gasteiger partial charge in [0.15, 0.2) is 0 Å². The van der Waals surface area contributed by atoms with Crippen LogP contribution < -0.4 is 0 Å². The molecule has 0 fully saturated rings. The van der Waals surface area contributed by atoms with E-state index in [0.717, 1.165) is 6.42 Å². The lowest BCUT2D eigenvalue weighted by Gasteiger charge is -2.02. The predicted octanol–water partition coefficient (Wildman–Crippen LogP) is 0.487. The summed E-state index contributed by atoms with van der Waals surface area (Å²) in [7, 11) is 2.89. The smallest absolute Gasteiger partial charge is 0.246 e. The highest BCUT2D eigenvalue weighted by Gasteiger charge is 1.86. The molecule has 3 radical (unpaired) electrons. The zero-order chi connectivity index (χ0) is 7.66. The molecular weight excluding hydrogens is 148 g/mol. The summed E-state index contributed by atoms with van der Waals surface area (Å²) >= 11 is 0. The first-order valence-corrected chi connectivity index (χ1v) is 3.76. The SMILES string of the molecule is CCOCOCCCO[Si]. The van der Waals surface area contributed by atoms with Gasteiger partial charge in [-0.1, -0.05) is 0 Å². The van der Waals surface area contributed by atoms with Gasteiger partial charge in [0.1, 0.15) is 6.79 Å². The summed E-state index contributed by atoms with van der Waals surface area (Å²) in [4.78, 5) is 0. The molecule has 0 aliphatic rings. The van der Waals surface area contributed by atoms with Crippen LogP contribution in [0, 0.1) is 0 Å². The number of ether oxygens (including phenoxy) is 2. The Balaban J connectivity index is 2.65. The lowest BCUT2D eigenvalue weighted by Crippen LogP contribution is -2.03. The third-order valence-corrected chi connectivity index (χ3v) is 1.11. The van der Waals surface area contributed by atoms with Gasteiger partial charge in [-0.25, -0.2) is 0 Å². The first-order chi connectivity index (χ1) is 4.91. The second-order valence-electron chi connectivity index (χ2n) is 1.72. The van der Waals surface area contributed by atoms with Crippen LogP contribution in [0.25, 0.3) is 0 Å². The number of hydrogen-bond donors (Lipinski definition) is 0. The molecule has 0 aromatic heterocycles. The van der Waals surface area contributed by atoms with E-state index in [2.05, 4.69) is 14.9 Å². The van der Waals surface area contributed by atoms with E-state index in [1.165, 1.54) is 0 Å². The largest absolute Gasteiger partial charge is 0.419 e. The van der Waals surface area contributed by atoms with Gasteiger partial charge >= 0.3 is 0 Å². The molecule has 0 N–H and O–H groups in total. The first kappa shape index (κ1) is 10.1. The third-order valence-electron chi connectivity index (χ3n) is 0.906. The molecule has 0 rings (SSSR count). The Kier molecular flexibility index (Phi) is 9.19. The zero-order valence-electron chi connectivity index (χ0n) is 6.26. The molecule has 3 nitrogen and oxygen atoms in total. The summed E-state index contributed by atoms with van der Waals surface area (Å²) in [5.74, 6) is 0. The van der Waals surface area contributed by atoms with Crippen LogP contribution in [0.15, 0.2) is 0 Å². The Hall–Kier alpha value is 0.0969. The molecule has 10 heavy (non-hydrogen) atoms. The maximum atomic E-state index is 5.05. The van der Waals surface area contributed by atoms with Crippen LogP contribution in [0.2, 0.25) is 0 Å². The van der Waals surface area contributed by atoms with Crippen molar-refractivity contribution in [1.82, 2.24) is 0 Å². The van der Waals surface area contributed by atoms with Crippen molar-refractivity contribution in [2.24, 2.45) is 0 Å². The van der Waals surface area contributed by atoms with Crippen LogP contribution in [-0.2, 0) is 13.9 Å². The maximum Gasteiger partial charge on any atom is 0.246 e. The first-order valence-electron chi connectivity index (χ1n) is 3.35. The Morgan fingerprint density at radius 1 is 1.20 bits per heavy atom. The molecule has 0 spiro atoms. The minimum absolute atomic E-state index is 0.387. The van der Waals surface area contributed by atoms with E-state index in [4.69, 9.17) is 9.47 Å². The molecular formula is C6H13O3Si. The molecule has 0 amide bonds. The lowest BCUT2D eigenvalue weighted by molar-refractivity contribution is -0.0514. The Morgan fingerprint density at radius 2 is 2.00 bits per heavy atom. The van der Waals surface area contributed by atoms with Gasteiger partial charge in [0.25, 0.3) is 0 Å². The molecule has 4 heteroatoms. The van der Waals surface area contributed by atoms with Gasteiger partial charge in [0.2, 0.25) is 10.5 Å². The van der Waals surface area contributed by atoms with Crippen molar-refractivity contribution in [2.45, 2.75) is 13.3 Å². The lowest BCUT2D eigenvalue weighted by atomic mass is 10.5. The molecule has 0 atom stereocenters. The van der Waals surface area contributed by atoms with Crippen molar-refractivity contribution >= 4 is 10.5 Å². The van der Waals surface area contributed by atoms with Crippen LogP contribution in [0.1, 0.15) is 13.3 Å². The molecule has 0 aromatic rings. The molecule has 0 saturated carbocycles.